The van der Waals surface area contributed by atoms with E-state index in [4.69, 9.17) is 16.3 Å². The molecule has 0 radical (unpaired) electrons. The summed E-state index contributed by atoms with van der Waals surface area (Å²) in [7, 11) is -4.02. The molecule has 3 heterocycles. The maximum Gasteiger partial charge on any atom is 0.263 e. The molecule has 3 N–H and O–H groups in total. The Balaban J connectivity index is 1.35. The van der Waals surface area contributed by atoms with Gasteiger partial charge in [0.2, 0.25) is 11.8 Å². The highest BCUT2D eigenvalue weighted by Gasteiger charge is 2.20. The van der Waals surface area contributed by atoms with Gasteiger partial charge in [-0.1, -0.05) is 23.7 Å². The molecule has 12 heteroatoms. The first kappa shape index (κ1) is 25.8. The van der Waals surface area contributed by atoms with Crippen molar-refractivity contribution in [1.82, 2.24) is 20.3 Å². The minimum atomic E-state index is -4.02. The SMILES string of the molecule is O=S(=O)(Nc1ccc(Oc2ncccc2-c2ccnc(N[C@H]3CCCNC3)n2)c(F)c1)c1ccccc1Cl. The summed E-state index contributed by atoms with van der Waals surface area (Å²) in [6, 6.07) is 15.2. The molecular formula is C26H24ClFN6O3S. The third-order valence-corrected chi connectivity index (χ3v) is 7.73. The summed E-state index contributed by atoms with van der Waals surface area (Å²) in [5, 5.41) is 6.74. The molecule has 2 aromatic heterocycles. The number of aromatic nitrogens is 3. The first-order valence-electron chi connectivity index (χ1n) is 11.9. The van der Waals surface area contributed by atoms with Gasteiger partial charge in [0.25, 0.3) is 10.0 Å². The van der Waals surface area contributed by atoms with E-state index in [2.05, 4.69) is 30.3 Å². The van der Waals surface area contributed by atoms with E-state index >= 15 is 0 Å². The van der Waals surface area contributed by atoms with Gasteiger partial charge in [-0.2, -0.15) is 0 Å². The molecule has 2 aromatic carbocycles. The first-order chi connectivity index (χ1) is 18.4. The van der Waals surface area contributed by atoms with Gasteiger partial charge in [-0.3, -0.25) is 4.72 Å². The van der Waals surface area contributed by atoms with Crippen LogP contribution in [0.5, 0.6) is 11.6 Å². The van der Waals surface area contributed by atoms with E-state index in [9.17, 15) is 12.8 Å². The lowest BCUT2D eigenvalue weighted by Crippen LogP contribution is -2.38. The lowest BCUT2D eigenvalue weighted by atomic mass is 10.1. The van der Waals surface area contributed by atoms with Gasteiger partial charge in [0.05, 0.1) is 22.0 Å². The molecule has 0 unspecified atom stereocenters. The normalized spacial score (nSPS) is 15.6. The summed E-state index contributed by atoms with van der Waals surface area (Å²) in [6.07, 6.45) is 5.25. The Morgan fingerprint density at radius 3 is 2.71 bits per heavy atom. The Hall–Kier alpha value is -3.80. The number of hydrogen-bond acceptors (Lipinski definition) is 8. The van der Waals surface area contributed by atoms with Crippen molar-refractivity contribution in [3.63, 3.8) is 0 Å². The Bertz CT molecular complexity index is 1550. The van der Waals surface area contributed by atoms with Crippen LogP contribution >= 0.6 is 11.6 Å². The van der Waals surface area contributed by atoms with Crippen LogP contribution in [0.1, 0.15) is 12.8 Å². The fraction of sp³-hybridized carbons (Fsp3) is 0.192. The largest absolute Gasteiger partial charge is 0.435 e. The quantitative estimate of drug-likeness (QED) is 0.276. The third-order valence-electron chi connectivity index (χ3n) is 5.85. The van der Waals surface area contributed by atoms with E-state index < -0.39 is 15.8 Å². The smallest absolute Gasteiger partial charge is 0.263 e. The molecule has 1 atom stereocenters. The van der Waals surface area contributed by atoms with E-state index in [1.807, 2.05) is 0 Å². The van der Waals surface area contributed by atoms with E-state index in [1.54, 1.807) is 36.5 Å². The van der Waals surface area contributed by atoms with Gasteiger partial charge in [-0.05, 0) is 61.9 Å². The van der Waals surface area contributed by atoms with Crippen molar-refractivity contribution in [2.75, 3.05) is 23.1 Å². The van der Waals surface area contributed by atoms with Crippen molar-refractivity contribution in [3.8, 4) is 22.9 Å². The second-order valence-electron chi connectivity index (χ2n) is 8.59. The number of rotatable bonds is 8. The lowest BCUT2D eigenvalue weighted by molar-refractivity contribution is 0.429. The van der Waals surface area contributed by atoms with E-state index in [0.29, 0.717) is 17.2 Å². The van der Waals surface area contributed by atoms with Gasteiger partial charge in [-0.25, -0.2) is 27.8 Å². The Kier molecular flexibility index (Phi) is 7.68. The zero-order chi connectivity index (χ0) is 26.5. The van der Waals surface area contributed by atoms with Gasteiger partial charge in [0.1, 0.15) is 4.90 Å². The van der Waals surface area contributed by atoms with Crippen LogP contribution in [-0.2, 0) is 10.0 Å². The second kappa shape index (κ2) is 11.3. The summed E-state index contributed by atoms with van der Waals surface area (Å²) >= 11 is 6.01. The number of piperidine rings is 1. The minimum absolute atomic E-state index is 0.0136. The molecule has 4 aromatic rings. The number of hydrogen-bond donors (Lipinski definition) is 3. The Morgan fingerprint density at radius 2 is 1.92 bits per heavy atom. The summed E-state index contributed by atoms with van der Waals surface area (Å²) in [6.45, 7) is 1.83. The van der Waals surface area contributed by atoms with Crippen molar-refractivity contribution in [1.29, 1.82) is 0 Å². The maximum atomic E-state index is 15.0. The number of anilines is 2. The zero-order valence-electron chi connectivity index (χ0n) is 20.1. The number of sulfonamides is 1. The molecule has 0 amide bonds. The van der Waals surface area contributed by atoms with Crippen molar-refractivity contribution in [2.45, 2.75) is 23.8 Å². The summed E-state index contributed by atoms with van der Waals surface area (Å²) in [5.74, 6) is -0.297. The highest BCUT2D eigenvalue weighted by atomic mass is 35.5. The lowest BCUT2D eigenvalue weighted by Gasteiger charge is -2.23. The molecule has 1 aliphatic rings. The minimum Gasteiger partial charge on any atom is -0.435 e. The average Bonchev–Trinajstić information content (AvgIpc) is 2.91. The highest BCUT2D eigenvalue weighted by molar-refractivity contribution is 7.92. The van der Waals surface area contributed by atoms with Crippen LogP contribution in [0, 0.1) is 5.82 Å². The number of halogens is 2. The standard InChI is InChI=1S/C26H24ClFN6O3S/c27-20-7-1-2-8-24(20)38(35,36)34-17-9-10-23(21(28)15-17)37-25-19(6-4-13-30-25)22-11-14-31-26(33-22)32-18-5-3-12-29-16-18/h1-2,4,6-11,13-15,18,29,34H,3,5,12,16H2,(H,31,32,33)/t18-/m0/s1. The highest BCUT2D eigenvalue weighted by Crippen LogP contribution is 2.33. The molecule has 1 fully saturated rings. The first-order valence-corrected chi connectivity index (χ1v) is 13.8. The van der Waals surface area contributed by atoms with Crippen LogP contribution < -0.4 is 20.1 Å². The molecule has 0 aliphatic carbocycles. The van der Waals surface area contributed by atoms with Gasteiger partial charge in [0, 0.05) is 31.0 Å². The molecule has 196 valence electrons. The maximum absolute atomic E-state index is 15.0. The number of benzene rings is 2. The topological polar surface area (TPSA) is 118 Å². The molecule has 38 heavy (non-hydrogen) atoms. The summed E-state index contributed by atoms with van der Waals surface area (Å²) in [4.78, 5) is 13.1. The van der Waals surface area contributed by atoms with Crippen molar-refractivity contribution in [2.24, 2.45) is 0 Å². The van der Waals surface area contributed by atoms with E-state index in [-0.39, 0.29) is 33.3 Å². The molecule has 0 spiro atoms. The Morgan fingerprint density at radius 1 is 1.05 bits per heavy atom. The molecule has 1 aliphatic heterocycles. The third kappa shape index (κ3) is 6.01. The van der Waals surface area contributed by atoms with Crippen LogP contribution in [0.4, 0.5) is 16.0 Å². The summed E-state index contributed by atoms with van der Waals surface area (Å²) in [5.41, 5.74) is 1.11. The molecule has 5 rings (SSSR count). The van der Waals surface area contributed by atoms with Gasteiger partial charge in [-0.15, -0.1) is 0 Å². The molecule has 1 saturated heterocycles. The van der Waals surface area contributed by atoms with Gasteiger partial charge < -0.3 is 15.4 Å². The van der Waals surface area contributed by atoms with Crippen molar-refractivity contribution < 1.29 is 17.5 Å². The number of nitrogens with one attached hydrogen (secondary N) is 3. The predicted molar refractivity (Wildman–Crippen MR) is 144 cm³/mol. The Labute approximate surface area is 224 Å². The fourth-order valence-electron chi connectivity index (χ4n) is 4.03. The van der Waals surface area contributed by atoms with Gasteiger partial charge >= 0.3 is 0 Å². The second-order valence-corrected chi connectivity index (χ2v) is 10.7. The van der Waals surface area contributed by atoms with Crippen LogP contribution in [0.15, 0.2) is 78.0 Å². The molecule has 0 bridgehead atoms. The monoisotopic (exact) mass is 554 g/mol. The van der Waals surface area contributed by atoms with Gasteiger partial charge in [0.15, 0.2) is 11.6 Å². The van der Waals surface area contributed by atoms with E-state index in [1.165, 1.54) is 30.5 Å². The van der Waals surface area contributed by atoms with Crippen LogP contribution in [0.3, 0.4) is 0 Å². The predicted octanol–water partition coefficient (Wildman–Crippen LogP) is 5.09. The van der Waals surface area contributed by atoms with Crippen LogP contribution in [0.2, 0.25) is 5.02 Å². The number of ether oxygens (including phenoxy) is 1. The number of pyridine rings is 1. The van der Waals surface area contributed by atoms with E-state index in [0.717, 1.165) is 32.0 Å². The molecular weight excluding hydrogens is 531 g/mol. The molecule has 9 nitrogen and oxygen atoms in total. The fourth-order valence-corrected chi connectivity index (χ4v) is 5.60. The van der Waals surface area contributed by atoms with Crippen molar-refractivity contribution in [3.05, 3.63) is 83.9 Å². The molecule has 0 saturated carbocycles. The van der Waals surface area contributed by atoms with Crippen LogP contribution in [-0.4, -0.2) is 42.5 Å². The van der Waals surface area contributed by atoms with Crippen molar-refractivity contribution >= 4 is 33.3 Å². The zero-order valence-corrected chi connectivity index (χ0v) is 21.6. The average molecular weight is 555 g/mol. The summed E-state index contributed by atoms with van der Waals surface area (Å²) < 4.78 is 48.5. The van der Waals surface area contributed by atoms with Crippen LogP contribution in [0.25, 0.3) is 11.3 Å². The number of nitrogens with zero attached hydrogens (tertiary/aromatic N) is 3.